The number of nitrogens with one attached hydrogen (secondary N) is 1. The molecule has 1 N–H and O–H groups in total. The van der Waals surface area contributed by atoms with Gasteiger partial charge in [0.05, 0.1) is 4.90 Å². The van der Waals surface area contributed by atoms with Crippen molar-refractivity contribution in [3.8, 4) is 0 Å². The average molecular weight is 329 g/mol. The van der Waals surface area contributed by atoms with Gasteiger partial charge in [0.1, 0.15) is 5.60 Å². The second kappa shape index (κ2) is 7.11. The predicted molar refractivity (Wildman–Crippen MR) is 82.9 cm³/mol. The van der Waals surface area contributed by atoms with Crippen LogP contribution < -0.4 is 5.32 Å². The van der Waals surface area contributed by atoms with Gasteiger partial charge < -0.3 is 4.74 Å². The third kappa shape index (κ3) is 6.03. The molecule has 1 unspecified atom stereocenters. The maximum atomic E-state index is 12.2. The van der Waals surface area contributed by atoms with E-state index in [1.165, 1.54) is 12.1 Å². The van der Waals surface area contributed by atoms with Crippen LogP contribution in [0.25, 0.3) is 0 Å². The number of hydrogen-bond donors (Lipinski definition) is 1. The summed E-state index contributed by atoms with van der Waals surface area (Å²) in [6.07, 6.45) is -1.43. The molecule has 0 aliphatic rings. The lowest BCUT2D eigenvalue weighted by atomic mass is 10.2. The molecule has 6 nitrogen and oxygen atoms in total. The molecule has 0 radical (unpaired) electrons. The van der Waals surface area contributed by atoms with Crippen LogP contribution in [0.15, 0.2) is 29.2 Å². The first kappa shape index (κ1) is 18.4. The Morgan fingerprint density at radius 1 is 1.23 bits per heavy atom. The summed E-state index contributed by atoms with van der Waals surface area (Å²) in [7, 11) is -3.95. The Kier molecular flexibility index (Phi) is 5.96. The zero-order chi connectivity index (χ0) is 17.0. The van der Waals surface area contributed by atoms with Gasteiger partial charge in [-0.1, -0.05) is 24.6 Å². The molecule has 1 rings (SSSR count). The van der Waals surface area contributed by atoms with Crippen LogP contribution in [-0.4, -0.2) is 26.3 Å². The number of ether oxygens (including phenoxy) is 1. The highest BCUT2D eigenvalue weighted by atomic mass is 32.2. The van der Waals surface area contributed by atoms with Crippen molar-refractivity contribution < 1.29 is 22.1 Å². The van der Waals surface area contributed by atoms with Gasteiger partial charge in [-0.15, -0.1) is 0 Å². The van der Waals surface area contributed by atoms with Crippen molar-refractivity contribution in [1.82, 2.24) is 5.32 Å². The van der Waals surface area contributed by atoms with E-state index in [-0.39, 0.29) is 11.3 Å². The molecule has 22 heavy (non-hydrogen) atoms. The number of amides is 1. The Morgan fingerprint density at radius 3 is 2.23 bits per heavy atom. The van der Waals surface area contributed by atoms with Crippen molar-refractivity contribution in [2.45, 2.75) is 57.8 Å². The number of carbonyl (C=O) groups is 1. The van der Waals surface area contributed by atoms with Crippen LogP contribution in [0.3, 0.4) is 0 Å². The summed E-state index contributed by atoms with van der Waals surface area (Å²) < 4.78 is 34.5. The lowest BCUT2D eigenvalue weighted by molar-refractivity contribution is 0.0399. The molecule has 0 bridgehead atoms. The molecule has 0 heterocycles. The Balaban J connectivity index is 2.76. The molecule has 124 valence electrons. The van der Waals surface area contributed by atoms with Crippen LogP contribution in [0, 0.1) is 6.92 Å². The second-order valence-corrected chi connectivity index (χ2v) is 7.48. The minimum atomic E-state index is -3.95. The molecule has 0 fully saturated rings. The van der Waals surface area contributed by atoms with Crippen molar-refractivity contribution in [3.05, 3.63) is 29.8 Å². The minimum absolute atomic E-state index is 0.0440. The van der Waals surface area contributed by atoms with Gasteiger partial charge in [0.25, 0.3) is 10.1 Å². The van der Waals surface area contributed by atoms with Crippen molar-refractivity contribution in [3.63, 3.8) is 0 Å². The fourth-order valence-electron chi connectivity index (χ4n) is 1.55. The summed E-state index contributed by atoms with van der Waals surface area (Å²) in [5.41, 5.74) is 0.274. The van der Waals surface area contributed by atoms with Crippen LogP contribution in [-0.2, 0) is 19.0 Å². The van der Waals surface area contributed by atoms with E-state index >= 15 is 0 Å². The first-order chi connectivity index (χ1) is 10.0. The molecule has 0 spiro atoms. The zero-order valence-corrected chi connectivity index (χ0v) is 14.4. The molecular weight excluding hydrogens is 306 g/mol. The van der Waals surface area contributed by atoms with E-state index in [1.807, 2.05) is 6.92 Å². The van der Waals surface area contributed by atoms with Crippen molar-refractivity contribution in [1.29, 1.82) is 0 Å². The maximum Gasteiger partial charge on any atom is 0.409 e. The summed E-state index contributed by atoms with van der Waals surface area (Å²) in [5.74, 6) is 0. The zero-order valence-electron chi connectivity index (χ0n) is 13.5. The lowest BCUT2D eigenvalue weighted by Crippen LogP contribution is -2.41. The number of hydrogen-bond acceptors (Lipinski definition) is 5. The summed E-state index contributed by atoms with van der Waals surface area (Å²) >= 11 is 0. The molecule has 1 aromatic rings. The van der Waals surface area contributed by atoms with Gasteiger partial charge in [-0.2, -0.15) is 8.42 Å². The molecule has 0 saturated heterocycles. The van der Waals surface area contributed by atoms with Crippen LogP contribution in [0.4, 0.5) is 4.79 Å². The van der Waals surface area contributed by atoms with E-state index in [2.05, 4.69) is 5.32 Å². The monoisotopic (exact) mass is 329 g/mol. The van der Waals surface area contributed by atoms with Crippen LogP contribution in [0.1, 0.15) is 39.7 Å². The Hall–Kier alpha value is -1.60. The Bertz CT molecular complexity index is 602. The van der Waals surface area contributed by atoms with Gasteiger partial charge in [0, 0.05) is 0 Å². The largest absolute Gasteiger partial charge is 0.444 e. The van der Waals surface area contributed by atoms with Crippen LogP contribution in [0.5, 0.6) is 0 Å². The molecule has 7 heteroatoms. The molecule has 1 aromatic carbocycles. The first-order valence-electron chi connectivity index (χ1n) is 7.03. The molecule has 1 atom stereocenters. The molecular formula is C15H23NO5S. The van der Waals surface area contributed by atoms with Gasteiger partial charge >= 0.3 is 6.09 Å². The predicted octanol–water partition coefficient (Wildman–Crippen LogP) is 2.96. The molecule has 1 amide bonds. The highest BCUT2D eigenvalue weighted by Gasteiger charge is 2.24. The van der Waals surface area contributed by atoms with Crippen molar-refractivity contribution in [2.75, 3.05) is 0 Å². The van der Waals surface area contributed by atoms with Crippen molar-refractivity contribution >= 4 is 16.2 Å². The molecule has 0 saturated carbocycles. The summed E-state index contributed by atoms with van der Waals surface area (Å²) in [6, 6.07) is 6.28. The topological polar surface area (TPSA) is 81.7 Å². The van der Waals surface area contributed by atoms with E-state index in [9.17, 15) is 13.2 Å². The van der Waals surface area contributed by atoms with Crippen molar-refractivity contribution in [2.24, 2.45) is 0 Å². The van der Waals surface area contributed by atoms with Gasteiger partial charge in [0.2, 0.25) is 0 Å². The third-order valence-corrected chi connectivity index (χ3v) is 3.94. The van der Waals surface area contributed by atoms with Crippen LogP contribution in [0.2, 0.25) is 0 Å². The number of carbonyl (C=O) groups excluding carboxylic acids is 1. The quantitative estimate of drug-likeness (QED) is 0.663. The smallest absolute Gasteiger partial charge is 0.409 e. The number of alkyl carbamates (subject to hydrolysis) is 1. The summed E-state index contributed by atoms with van der Waals surface area (Å²) in [6.45, 7) is 8.72. The first-order valence-corrected chi connectivity index (χ1v) is 8.44. The maximum absolute atomic E-state index is 12.2. The molecule has 0 aliphatic carbocycles. The summed E-state index contributed by atoms with van der Waals surface area (Å²) in [5, 5.41) is 2.40. The second-order valence-electron chi connectivity index (χ2n) is 5.91. The van der Waals surface area contributed by atoms with Gasteiger partial charge in [0.15, 0.2) is 6.23 Å². The Labute approximate surface area is 131 Å². The van der Waals surface area contributed by atoms with Gasteiger partial charge in [-0.05, 0) is 46.2 Å². The minimum Gasteiger partial charge on any atom is -0.444 e. The highest BCUT2D eigenvalue weighted by Crippen LogP contribution is 2.16. The Morgan fingerprint density at radius 2 is 1.77 bits per heavy atom. The third-order valence-electron chi connectivity index (χ3n) is 2.60. The van der Waals surface area contributed by atoms with E-state index in [0.29, 0.717) is 0 Å². The van der Waals surface area contributed by atoms with Gasteiger partial charge in [-0.25, -0.2) is 8.98 Å². The SMILES string of the molecule is CCC(NC(=O)OC(C)(C)C)OS(=O)(=O)c1ccc(C)cc1. The van der Waals surface area contributed by atoms with E-state index in [4.69, 9.17) is 8.92 Å². The highest BCUT2D eigenvalue weighted by molar-refractivity contribution is 7.86. The van der Waals surface area contributed by atoms with E-state index in [0.717, 1.165) is 5.56 Å². The summed E-state index contributed by atoms with van der Waals surface area (Å²) in [4.78, 5) is 11.7. The fourth-order valence-corrected chi connectivity index (χ4v) is 2.62. The van der Waals surface area contributed by atoms with E-state index < -0.39 is 28.0 Å². The fraction of sp³-hybridized carbons (Fsp3) is 0.533. The number of rotatable bonds is 5. The standard InChI is InChI=1S/C15H23NO5S/c1-6-13(16-14(17)20-15(3,4)5)21-22(18,19)12-9-7-11(2)8-10-12/h7-10,13H,6H2,1-5H3,(H,16,17). The average Bonchev–Trinajstić information content (AvgIpc) is 2.35. The number of aryl methyl sites for hydroxylation is 1. The lowest BCUT2D eigenvalue weighted by Gasteiger charge is -2.22. The van der Waals surface area contributed by atoms with Crippen LogP contribution >= 0.6 is 0 Å². The van der Waals surface area contributed by atoms with Gasteiger partial charge in [-0.3, -0.25) is 5.32 Å². The number of benzene rings is 1. The molecule has 0 aliphatic heterocycles. The molecule has 0 aromatic heterocycles. The normalized spacial score (nSPS) is 13.5. The van der Waals surface area contributed by atoms with E-state index in [1.54, 1.807) is 39.8 Å².